The number of hydrogen-bond donors (Lipinski definition) is 0. The zero-order chi connectivity index (χ0) is 22.3. The van der Waals surface area contributed by atoms with E-state index in [-0.39, 0.29) is 16.2 Å². The summed E-state index contributed by atoms with van der Waals surface area (Å²) < 4.78 is 0. The SMILES string of the molecule is CC(C)(C)c1cc(-c2ccccc2)cc(-c2cc(C(C)(C)C)cc(C(C)(C)C)c2)c1. The maximum Gasteiger partial charge on any atom is -0.0131 e. The second kappa shape index (κ2) is 7.73. The highest BCUT2D eigenvalue weighted by Gasteiger charge is 2.22. The quantitative estimate of drug-likeness (QED) is 0.404. The van der Waals surface area contributed by atoms with Crippen molar-refractivity contribution in [3.8, 4) is 22.3 Å². The first-order chi connectivity index (χ1) is 13.7. The Kier molecular flexibility index (Phi) is 5.76. The van der Waals surface area contributed by atoms with Gasteiger partial charge in [0, 0.05) is 0 Å². The Labute approximate surface area is 184 Å². The predicted molar refractivity (Wildman–Crippen MR) is 133 cm³/mol. The molecule has 0 saturated carbocycles. The maximum atomic E-state index is 2.40. The van der Waals surface area contributed by atoms with E-state index in [9.17, 15) is 0 Å². The summed E-state index contributed by atoms with van der Waals surface area (Å²) in [5.74, 6) is 0. The summed E-state index contributed by atoms with van der Waals surface area (Å²) in [6, 6.07) is 25.0. The van der Waals surface area contributed by atoms with E-state index in [0.717, 1.165) is 0 Å². The summed E-state index contributed by atoms with van der Waals surface area (Å²) in [6.07, 6.45) is 0. The van der Waals surface area contributed by atoms with Gasteiger partial charge in [0.2, 0.25) is 0 Å². The molecule has 30 heavy (non-hydrogen) atoms. The van der Waals surface area contributed by atoms with Gasteiger partial charge in [-0.15, -0.1) is 0 Å². The summed E-state index contributed by atoms with van der Waals surface area (Å²) >= 11 is 0. The molecule has 0 spiro atoms. The van der Waals surface area contributed by atoms with Gasteiger partial charge in [-0.25, -0.2) is 0 Å². The zero-order valence-electron chi connectivity index (χ0n) is 20.4. The molecule has 0 nitrogen and oxygen atoms in total. The van der Waals surface area contributed by atoms with Crippen LogP contribution >= 0.6 is 0 Å². The molecule has 0 aliphatic heterocycles. The third-order valence-corrected chi connectivity index (χ3v) is 5.90. The van der Waals surface area contributed by atoms with E-state index in [4.69, 9.17) is 0 Å². The maximum absolute atomic E-state index is 2.40. The second-order valence-electron chi connectivity index (χ2n) is 11.7. The lowest BCUT2D eigenvalue weighted by Crippen LogP contribution is -2.16. The fourth-order valence-electron chi connectivity index (χ4n) is 3.68. The molecule has 0 aliphatic carbocycles. The minimum atomic E-state index is 0.0913. The van der Waals surface area contributed by atoms with Crippen LogP contribution in [0.1, 0.15) is 79.0 Å². The highest BCUT2D eigenvalue weighted by molar-refractivity contribution is 5.75. The molecule has 3 aromatic rings. The summed E-state index contributed by atoms with van der Waals surface area (Å²) in [7, 11) is 0. The molecular formula is C30H38. The number of rotatable bonds is 2. The molecule has 0 aromatic heterocycles. The van der Waals surface area contributed by atoms with Crippen molar-refractivity contribution in [2.75, 3.05) is 0 Å². The lowest BCUT2D eigenvalue weighted by Gasteiger charge is -2.27. The first kappa shape index (κ1) is 22.3. The fourth-order valence-corrected chi connectivity index (χ4v) is 3.68. The Morgan fingerprint density at radius 1 is 0.367 bits per heavy atom. The van der Waals surface area contributed by atoms with Crippen molar-refractivity contribution in [3.63, 3.8) is 0 Å². The van der Waals surface area contributed by atoms with Crippen molar-refractivity contribution < 1.29 is 0 Å². The van der Waals surface area contributed by atoms with Crippen LogP contribution in [0.3, 0.4) is 0 Å². The summed E-state index contributed by atoms with van der Waals surface area (Å²) in [6.45, 7) is 20.7. The topological polar surface area (TPSA) is 0 Å². The van der Waals surface area contributed by atoms with Gasteiger partial charge in [-0.3, -0.25) is 0 Å². The zero-order valence-corrected chi connectivity index (χ0v) is 20.4. The van der Waals surface area contributed by atoms with E-state index in [1.165, 1.54) is 38.9 Å². The lowest BCUT2D eigenvalue weighted by atomic mass is 9.78. The Bertz CT molecular complexity index is 984. The molecule has 0 saturated heterocycles. The van der Waals surface area contributed by atoms with Gasteiger partial charge in [0.15, 0.2) is 0 Å². The van der Waals surface area contributed by atoms with E-state index >= 15 is 0 Å². The van der Waals surface area contributed by atoms with Gasteiger partial charge >= 0.3 is 0 Å². The molecule has 0 unspecified atom stereocenters. The van der Waals surface area contributed by atoms with Gasteiger partial charge in [0.25, 0.3) is 0 Å². The minimum absolute atomic E-state index is 0.0913. The number of hydrogen-bond acceptors (Lipinski definition) is 0. The molecule has 158 valence electrons. The Balaban J connectivity index is 2.29. The van der Waals surface area contributed by atoms with Crippen LogP contribution in [-0.4, -0.2) is 0 Å². The van der Waals surface area contributed by atoms with Crippen LogP contribution in [-0.2, 0) is 16.2 Å². The van der Waals surface area contributed by atoms with Crippen molar-refractivity contribution >= 4 is 0 Å². The van der Waals surface area contributed by atoms with Crippen LogP contribution in [0.25, 0.3) is 22.3 Å². The van der Waals surface area contributed by atoms with Crippen molar-refractivity contribution in [1.29, 1.82) is 0 Å². The number of benzene rings is 3. The standard InChI is InChI=1S/C30H38/c1-28(2,3)25-16-22(21-13-11-10-12-14-21)15-23(17-25)24-18-26(29(4,5)6)20-27(19-24)30(7,8)9/h10-20H,1-9H3. The first-order valence-corrected chi connectivity index (χ1v) is 11.1. The van der Waals surface area contributed by atoms with Crippen molar-refractivity contribution in [1.82, 2.24) is 0 Å². The van der Waals surface area contributed by atoms with Crippen LogP contribution < -0.4 is 0 Å². The van der Waals surface area contributed by atoms with E-state index in [0.29, 0.717) is 0 Å². The van der Waals surface area contributed by atoms with Gasteiger partial charge < -0.3 is 0 Å². The van der Waals surface area contributed by atoms with Gasteiger partial charge in [-0.05, 0) is 61.3 Å². The first-order valence-electron chi connectivity index (χ1n) is 11.1. The molecule has 0 heteroatoms. The van der Waals surface area contributed by atoms with Crippen LogP contribution in [0.2, 0.25) is 0 Å². The molecule has 0 heterocycles. The van der Waals surface area contributed by atoms with Crippen LogP contribution in [0.4, 0.5) is 0 Å². The Morgan fingerprint density at radius 2 is 0.700 bits per heavy atom. The van der Waals surface area contributed by atoms with E-state index < -0.39 is 0 Å². The van der Waals surface area contributed by atoms with Crippen molar-refractivity contribution in [3.05, 3.63) is 83.4 Å². The third kappa shape index (κ3) is 5.04. The van der Waals surface area contributed by atoms with Crippen molar-refractivity contribution in [2.45, 2.75) is 78.6 Å². The molecule has 0 atom stereocenters. The smallest absolute Gasteiger partial charge is 0.0131 e. The summed E-state index contributed by atoms with van der Waals surface area (Å²) in [5, 5.41) is 0. The van der Waals surface area contributed by atoms with E-state index in [1.54, 1.807) is 0 Å². The minimum Gasteiger partial charge on any atom is -0.0622 e. The monoisotopic (exact) mass is 398 g/mol. The average Bonchev–Trinajstić information content (AvgIpc) is 2.66. The Hall–Kier alpha value is -2.34. The van der Waals surface area contributed by atoms with E-state index in [1.807, 2.05) is 0 Å². The highest BCUT2D eigenvalue weighted by atomic mass is 14.3. The summed E-state index contributed by atoms with van der Waals surface area (Å²) in [4.78, 5) is 0. The van der Waals surface area contributed by atoms with Crippen LogP contribution in [0.15, 0.2) is 66.7 Å². The molecule has 3 aromatic carbocycles. The van der Waals surface area contributed by atoms with Gasteiger partial charge in [0.05, 0.1) is 0 Å². The molecule has 0 fully saturated rings. The second-order valence-corrected chi connectivity index (χ2v) is 11.7. The molecular weight excluding hydrogens is 360 g/mol. The largest absolute Gasteiger partial charge is 0.0622 e. The van der Waals surface area contributed by atoms with Gasteiger partial charge in [-0.2, -0.15) is 0 Å². The van der Waals surface area contributed by atoms with E-state index in [2.05, 4.69) is 129 Å². The lowest BCUT2D eigenvalue weighted by molar-refractivity contribution is 0.569. The third-order valence-electron chi connectivity index (χ3n) is 5.90. The molecule has 0 aliphatic rings. The normalized spacial score (nSPS) is 12.8. The van der Waals surface area contributed by atoms with Gasteiger partial charge in [0.1, 0.15) is 0 Å². The molecule has 3 rings (SSSR count). The van der Waals surface area contributed by atoms with Crippen molar-refractivity contribution in [2.24, 2.45) is 0 Å². The predicted octanol–water partition coefficient (Wildman–Crippen LogP) is 8.91. The molecule has 0 radical (unpaired) electrons. The highest BCUT2D eigenvalue weighted by Crippen LogP contribution is 2.37. The fraction of sp³-hybridized carbons (Fsp3) is 0.400. The van der Waals surface area contributed by atoms with Crippen LogP contribution in [0.5, 0.6) is 0 Å². The van der Waals surface area contributed by atoms with Crippen LogP contribution in [0, 0.1) is 0 Å². The molecule has 0 bridgehead atoms. The Morgan fingerprint density at radius 3 is 1.10 bits per heavy atom. The molecule has 0 N–H and O–H groups in total. The molecule has 0 amide bonds. The summed E-state index contributed by atoms with van der Waals surface area (Å²) in [5.41, 5.74) is 9.66. The van der Waals surface area contributed by atoms with Gasteiger partial charge in [-0.1, -0.05) is 123 Å². The average molecular weight is 399 g/mol.